The van der Waals surface area contributed by atoms with Crippen LogP contribution in [0.25, 0.3) is 0 Å². The van der Waals surface area contributed by atoms with Gasteiger partial charge in [0.05, 0.1) is 22.6 Å². The van der Waals surface area contributed by atoms with Crippen molar-refractivity contribution < 1.29 is 38.2 Å². The van der Waals surface area contributed by atoms with Gasteiger partial charge in [-0.1, -0.05) is 48.0 Å². The summed E-state index contributed by atoms with van der Waals surface area (Å²) < 4.78 is 17.8. The Hall–Kier alpha value is -2.00. The van der Waals surface area contributed by atoms with E-state index in [1.807, 2.05) is 13.8 Å². The Morgan fingerprint density at radius 2 is 1.63 bits per heavy atom. The topological polar surface area (TPSA) is 170 Å². The molecule has 296 valence electrons. The quantitative estimate of drug-likeness (QED) is 0.0951. The fraction of sp³-hybridized carbons (Fsp3) is 0.865. The van der Waals surface area contributed by atoms with Crippen molar-refractivity contribution in [2.45, 2.75) is 162 Å². The summed E-state index contributed by atoms with van der Waals surface area (Å²) in [5.74, 6) is -2.62. The molecule has 0 aromatic heterocycles. The predicted octanol–water partition coefficient (Wildman–Crippen LogP) is 5.87. The highest BCUT2D eigenvalue weighted by Crippen LogP contribution is 2.38. The van der Waals surface area contributed by atoms with Crippen LogP contribution in [-0.2, 0) is 33.1 Å². The van der Waals surface area contributed by atoms with E-state index >= 15 is 0 Å². The summed E-state index contributed by atoms with van der Waals surface area (Å²) in [5.41, 5.74) is 3.50. The average molecular weight is 759 g/mol. The van der Waals surface area contributed by atoms with E-state index in [0.29, 0.717) is 30.2 Å². The van der Waals surface area contributed by atoms with Crippen LogP contribution >= 0.6 is 11.8 Å². The Morgan fingerprint density at radius 3 is 2.12 bits per heavy atom. The zero-order chi connectivity index (χ0) is 39.7. The maximum atomic E-state index is 13.9. The minimum Gasteiger partial charge on any atom is -0.480 e. The van der Waals surface area contributed by atoms with Crippen molar-refractivity contribution in [2.24, 2.45) is 28.0 Å². The number of likely N-dealkylation sites (N-methyl/N-ethyl adjacent to an activating group) is 1. The molecule has 0 aliphatic carbocycles. The molecule has 4 N–H and O–H groups in total. The van der Waals surface area contributed by atoms with Gasteiger partial charge in [-0.05, 0) is 90.3 Å². The number of carboxylic acids is 1. The highest BCUT2D eigenvalue weighted by Gasteiger charge is 2.47. The lowest BCUT2D eigenvalue weighted by molar-refractivity contribution is -0.165. The summed E-state index contributed by atoms with van der Waals surface area (Å²) in [6, 6.07) is -2.45. The van der Waals surface area contributed by atoms with Crippen molar-refractivity contribution in [2.75, 3.05) is 26.5 Å². The van der Waals surface area contributed by atoms with Crippen molar-refractivity contribution in [1.29, 1.82) is 0 Å². The molecule has 1 aliphatic rings. The maximum Gasteiger partial charge on any atom is 0.326 e. The molecule has 0 saturated carbocycles. The second kappa shape index (κ2) is 19.4. The first-order valence-corrected chi connectivity index (χ1v) is 22.3. The predicted molar refractivity (Wildman–Crippen MR) is 208 cm³/mol. The molecule has 12 nitrogen and oxygen atoms in total. The third-order valence-electron chi connectivity index (χ3n) is 10.7. The van der Waals surface area contributed by atoms with Crippen molar-refractivity contribution >= 4 is 48.9 Å². The van der Waals surface area contributed by atoms with Gasteiger partial charge >= 0.3 is 11.9 Å². The Bertz CT molecular complexity index is 1220. The number of amides is 2. The smallest absolute Gasteiger partial charge is 0.326 e. The van der Waals surface area contributed by atoms with Crippen LogP contribution in [-0.4, -0.2) is 110 Å². The van der Waals surface area contributed by atoms with E-state index in [2.05, 4.69) is 46.1 Å². The Morgan fingerprint density at radius 1 is 1.04 bits per heavy atom. The second-order valence-electron chi connectivity index (χ2n) is 16.9. The van der Waals surface area contributed by atoms with Gasteiger partial charge in [0.2, 0.25) is 5.91 Å². The average Bonchev–Trinajstić information content (AvgIpc) is 3.43. The zero-order valence-corrected chi connectivity index (χ0v) is 36.0. The van der Waals surface area contributed by atoms with Crippen LogP contribution in [0.5, 0.6) is 0 Å². The van der Waals surface area contributed by atoms with E-state index in [9.17, 15) is 24.3 Å². The largest absolute Gasteiger partial charge is 0.480 e. The minimum atomic E-state index is -2.01. The Labute approximate surface area is 313 Å². The Kier molecular flexibility index (Phi) is 17.8. The van der Waals surface area contributed by atoms with Gasteiger partial charge < -0.3 is 35.0 Å². The van der Waals surface area contributed by atoms with Gasteiger partial charge in [-0.25, -0.2) is 4.79 Å². The molecule has 0 fully saturated rings. The van der Waals surface area contributed by atoms with Crippen molar-refractivity contribution in [3.05, 3.63) is 0 Å². The lowest BCUT2D eigenvalue weighted by Gasteiger charge is -2.38. The molecule has 0 unspecified atom stereocenters. The number of thioether (sulfide) groups is 1. The van der Waals surface area contributed by atoms with E-state index < -0.39 is 61.3 Å². The fourth-order valence-electron chi connectivity index (χ4n) is 6.11. The molecule has 0 bridgehead atoms. The van der Waals surface area contributed by atoms with Crippen LogP contribution < -0.4 is 11.1 Å². The number of rotatable bonds is 21. The number of carbonyl (C=O) groups is 4. The molecule has 1 rings (SSSR count). The number of ether oxygens (including phenoxy) is 2. The summed E-state index contributed by atoms with van der Waals surface area (Å²) in [4.78, 5) is 59.0. The lowest BCUT2D eigenvalue weighted by atomic mass is 9.77. The molecule has 0 saturated heterocycles. The summed E-state index contributed by atoms with van der Waals surface area (Å²) in [6.45, 7) is 25.6. The van der Waals surface area contributed by atoms with E-state index in [1.165, 1.54) is 23.7 Å². The standard InChI is InChI=1S/C37H70N4O8SSi/c1-16-17-27(47-13)19-18-24(3)29(49-32(44)25(4)38)36(9,10)33(45)39-26(5)30-40-37(11,22-50-30)34(46)41(12)28(31(42)43)23(2)20-21-48-51(14,15)35(6,7)8/h23-29H,16-22,38H2,1-15H3,(H,39,45)(H,42,43)/t23-,24+,25-,26+,27-,28-,29-,37-/m0/s1. The van der Waals surface area contributed by atoms with Crippen molar-refractivity contribution in [1.82, 2.24) is 10.2 Å². The molecule has 0 aromatic carbocycles. The number of aliphatic carboxylic acids is 1. The van der Waals surface area contributed by atoms with Gasteiger partial charge in [0.1, 0.15) is 23.7 Å². The first-order valence-electron chi connectivity index (χ1n) is 18.4. The van der Waals surface area contributed by atoms with E-state index in [4.69, 9.17) is 24.6 Å². The van der Waals surface area contributed by atoms with Crippen LogP contribution in [0.4, 0.5) is 0 Å². The Balaban J connectivity index is 3.14. The van der Waals surface area contributed by atoms with Crippen LogP contribution in [0.15, 0.2) is 4.99 Å². The van der Waals surface area contributed by atoms with Gasteiger partial charge in [-0.15, -0.1) is 11.8 Å². The number of nitrogens with one attached hydrogen (secondary N) is 1. The molecule has 0 aromatic rings. The number of carbonyl (C=O) groups excluding carboxylic acids is 3. The SMILES string of the molecule is CCC[C@@H](CC[C@@H](C)[C@H](OC(=O)[C@H](C)N)C(C)(C)C(=O)N[C@H](C)C1=N[C@](C)(C(=O)N(C)[C@H](C(=O)O)[C@@H](C)CCO[Si](C)(C)C(C)(C)C)CS1)OC. The number of aliphatic imine (C=N–C) groups is 1. The van der Waals surface area contributed by atoms with Crippen LogP contribution in [0.2, 0.25) is 18.1 Å². The van der Waals surface area contributed by atoms with Gasteiger partial charge in [0, 0.05) is 26.5 Å². The normalized spacial score (nSPS) is 21.1. The molecule has 0 spiro atoms. The number of nitrogens with two attached hydrogens (primary N) is 1. The summed E-state index contributed by atoms with van der Waals surface area (Å²) in [7, 11) is 1.20. The first-order chi connectivity index (χ1) is 23.3. The number of methoxy groups -OCH3 is 1. The van der Waals surface area contributed by atoms with Gasteiger partial charge in [-0.2, -0.15) is 0 Å². The number of nitrogens with zero attached hydrogens (tertiary/aromatic N) is 2. The monoisotopic (exact) mass is 758 g/mol. The summed E-state index contributed by atoms with van der Waals surface area (Å²) in [6.07, 6.45) is 3.13. The van der Waals surface area contributed by atoms with E-state index in [1.54, 1.807) is 41.7 Å². The highest BCUT2D eigenvalue weighted by molar-refractivity contribution is 8.14. The first kappa shape index (κ1) is 47.0. The molecular formula is C37H70N4O8SSi. The second-order valence-corrected chi connectivity index (χ2v) is 22.7. The molecule has 1 aliphatic heterocycles. The molecule has 1 heterocycles. The number of hydrogen-bond acceptors (Lipinski definition) is 10. The van der Waals surface area contributed by atoms with Gasteiger partial charge in [-0.3, -0.25) is 19.4 Å². The molecule has 2 amide bonds. The maximum absolute atomic E-state index is 13.9. The molecule has 51 heavy (non-hydrogen) atoms. The van der Waals surface area contributed by atoms with Crippen LogP contribution in [0.1, 0.15) is 108 Å². The fourth-order valence-corrected chi connectivity index (χ4v) is 8.36. The van der Waals surface area contributed by atoms with Crippen LogP contribution in [0, 0.1) is 17.3 Å². The molecule has 14 heteroatoms. The van der Waals surface area contributed by atoms with E-state index in [0.717, 1.165) is 19.3 Å². The van der Waals surface area contributed by atoms with E-state index in [-0.39, 0.29) is 28.9 Å². The zero-order valence-electron chi connectivity index (χ0n) is 34.2. The minimum absolute atomic E-state index is 0.0320. The van der Waals surface area contributed by atoms with Crippen molar-refractivity contribution in [3.8, 4) is 0 Å². The van der Waals surface area contributed by atoms with Gasteiger partial charge in [0.15, 0.2) is 8.32 Å². The summed E-state index contributed by atoms with van der Waals surface area (Å²) >= 11 is 1.36. The summed E-state index contributed by atoms with van der Waals surface area (Å²) in [5, 5.41) is 13.8. The number of hydrogen-bond donors (Lipinski definition) is 3. The lowest BCUT2D eigenvalue weighted by Crippen LogP contribution is -2.54. The third kappa shape index (κ3) is 12.8. The molecule has 0 radical (unpaired) electrons. The van der Waals surface area contributed by atoms with Crippen molar-refractivity contribution in [3.63, 3.8) is 0 Å². The highest BCUT2D eigenvalue weighted by atomic mass is 32.2. The third-order valence-corrected chi connectivity index (χ3v) is 16.7. The molecule has 8 atom stereocenters. The number of carboxylic acid groups (broad SMARTS) is 1. The number of esters is 1. The van der Waals surface area contributed by atoms with Crippen LogP contribution in [0.3, 0.4) is 0 Å². The van der Waals surface area contributed by atoms with Gasteiger partial charge in [0.25, 0.3) is 5.91 Å². The molecular weight excluding hydrogens is 689 g/mol.